The Balaban J connectivity index is 1.58. The summed E-state index contributed by atoms with van der Waals surface area (Å²) in [6.07, 6.45) is 1.10. The summed E-state index contributed by atoms with van der Waals surface area (Å²) in [6, 6.07) is 23.9. The van der Waals surface area contributed by atoms with Crippen molar-refractivity contribution in [2.24, 2.45) is 0 Å². The summed E-state index contributed by atoms with van der Waals surface area (Å²) in [5.74, 6) is -0.0865. The van der Waals surface area contributed by atoms with Gasteiger partial charge in [-0.2, -0.15) is 0 Å². The van der Waals surface area contributed by atoms with Crippen molar-refractivity contribution in [2.45, 2.75) is 12.8 Å². The summed E-state index contributed by atoms with van der Waals surface area (Å²) >= 11 is 5.26. The molecule has 0 fully saturated rings. The molecule has 0 atom stereocenters. The van der Waals surface area contributed by atoms with Gasteiger partial charge in [-0.15, -0.1) is 0 Å². The van der Waals surface area contributed by atoms with Crippen LogP contribution >= 0.6 is 12.2 Å². The molecule has 24 heavy (non-hydrogen) atoms. The predicted octanol–water partition coefficient (Wildman–Crippen LogP) is 4.29. The highest BCUT2D eigenvalue weighted by Gasteiger charge is 2.07. The minimum Gasteiger partial charge on any atom is -0.332 e. The van der Waals surface area contributed by atoms with Gasteiger partial charge in [0, 0.05) is 17.5 Å². The first kappa shape index (κ1) is 16.1. The number of nitrogens with one attached hydrogen (secondary N) is 2. The number of aryl methyl sites for hydroxylation is 1. The molecule has 0 saturated heterocycles. The van der Waals surface area contributed by atoms with Gasteiger partial charge < -0.3 is 10.6 Å². The third kappa shape index (κ3) is 4.18. The summed E-state index contributed by atoms with van der Waals surface area (Å²) in [5.41, 5.74) is 2.03. The molecule has 0 radical (unpaired) electrons. The smallest absolute Gasteiger partial charge is 0.226 e. The Hall–Kier alpha value is -2.72. The fourth-order valence-electron chi connectivity index (χ4n) is 2.58. The van der Waals surface area contributed by atoms with Crippen LogP contribution in [0.5, 0.6) is 0 Å². The molecule has 0 aliphatic heterocycles. The molecule has 1 amide bonds. The molecule has 120 valence electrons. The summed E-state index contributed by atoms with van der Waals surface area (Å²) < 4.78 is 0. The Bertz CT molecular complexity index is 856. The van der Waals surface area contributed by atoms with Crippen LogP contribution in [0.3, 0.4) is 0 Å². The van der Waals surface area contributed by atoms with Crippen LogP contribution in [0.2, 0.25) is 0 Å². The highest BCUT2D eigenvalue weighted by Crippen LogP contribution is 2.22. The SMILES string of the molecule is O=C(CCc1ccccc1)NC(=S)Nc1cccc2ccccc12. The van der Waals surface area contributed by atoms with Gasteiger partial charge in [-0.3, -0.25) is 4.79 Å². The van der Waals surface area contributed by atoms with E-state index in [1.165, 1.54) is 0 Å². The number of hydrogen-bond donors (Lipinski definition) is 2. The molecule has 3 rings (SSSR count). The number of hydrogen-bond acceptors (Lipinski definition) is 2. The van der Waals surface area contributed by atoms with Crippen LogP contribution in [0.15, 0.2) is 72.8 Å². The number of benzene rings is 3. The molecule has 0 aliphatic carbocycles. The largest absolute Gasteiger partial charge is 0.332 e. The summed E-state index contributed by atoms with van der Waals surface area (Å²) in [6.45, 7) is 0. The molecule has 0 aromatic heterocycles. The summed E-state index contributed by atoms with van der Waals surface area (Å²) in [7, 11) is 0. The Morgan fingerprint density at radius 2 is 1.58 bits per heavy atom. The lowest BCUT2D eigenvalue weighted by Crippen LogP contribution is -2.34. The molecular formula is C20H18N2OS. The van der Waals surface area contributed by atoms with Crippen LogP contribution in [0.1, 0.15) is 12.0 Å². The van der Waals surface area contributed by atoms with E-state index in [1.807, 2.05) is 72.8 Å². The zero-order chi connectivity index (χ0) is 16.8. The molecule has 0 unspecified atom stereocenters. The maximum absolute atomic E-state index is 12.0. The minimum absolute atomic E-state index is 0.0865. The molecule has 3 aromatic rings. The molecular weight excluding hydrogens is 316 g/mol. The van der Waals surface area contributed by atoms with Gasteiger partial charge in [0.25, 0.3) is 0 Å². The molecule has 3 nitrogen and oxygen atoms in total. The van der Waals surface area contributed by atoms with E-state index in [4.69, 9.17) is 12.2 Å². The van der Waals surface area contributed by atoms with Crippen LogP contribution in [-0.4, -0.2) is 11.0 Å². The van der Waals surface area contributed by atoms with E-state index in [0.717, 1.165) is 22.0 Å². The number of rotatable bonds is 4. The predicted molar refractivity (Wildman–Crippen MR) is 103 cm³/mol. The molecule has 2 N–H and O–H groups in total. The Morgan fingerprint density at radius 3 is 2.42 bits per heavy atom. The maximum Gasteiger partial charge on any atom is 0.226 e. The van der Waals surface area contributed by atoms with Crippen LogP contribution in [-0.2, 0) is 11.2 Å². The number of anilines is 1. The van der Waals surface area contributed by atoms with Gasteiger partial charge in [-0.25, -0.2) is 0 Å². The van der Waals surface area contributed by atoms with Crippen molar-refractivity contribution in [2.75, 3.05) is 5.32 Å². The lowest BCUT2D eigenvalue weighted by molar-refractivity contribution is -0.119. The van der Waals surface area contributed by atoms with E-state index in [-0.39, 0.29) is 5.91 Å². The second kappa shape index (κ2) is 7.70. The zero-order valence-electron chi connectivity index (χ0n) is 13.2. The Morgan fingerprint density at radius 1 is 0.875 bits per heavy atom. The third-order valence-corrected chi connectivity index (χ3v) is 3.98. The average molecular weight is 334 g/mol. The van der Waals surface area contributed by atoms with E-state index in [2.05, 4.69) is 10.6 Å². The van der Waals surface area contributed by atoms with Crippen molar-refractivity contribution < 1.29 is 4.79 Å². The van der Waals surface area contributed by atoms with Gasteiger partial charge >= 0.3 is 0 Å². The summed E-state index contributed by atoms with van der Waals surface area (Å²) in [4.78, 5) is 12.0. The van der Waals surface area contributed by atoms with Crippen molar-refractivity contribution in [1.82, 2.24) is 5.32 Å². The highest BCUT2D eigenvalue weighted by atomic mass is 32.1. The van der Waals surface area contributed by atoms with Crippen LogP contribution in [0.25, 0.3) is 10.8 Å². The lowest BCUT2D eigenvalue weighted by atomic mass is 10.1. The topological polar surface area (TPSA) is 41.1 Å². The fourth-order valence-corrected chi connectivity index (χ4v) is 2.80. The minimum atomic E-state index is -0.0865. The van der Waals surface area contributed by atoms with E-state index >= 15 is 0 Å². The molecule has 0 spiro atoms. The highest BCUT2D eigenvalue weighted by molar-refractivity contribution is 7.80. The van der Waals surface area contributed by atoms with Crippen molar-refractivity contribution in [1.29, 1.82) is 0 Å². The number of carbonyl (C=O) groups is 1. The maximum atomic E-state index is 12.0. The van der Waals surface area contributed by atoms with E-state index in [1.54, 1.807) is 0 Å². The van der Waals surface area contributed by atoms with Gasteiger partial charge in [0.2, 0.25) is 5.91 Å². The van der Waals surface area contributed by atoms with Crippen LogP contribution in [0.4, 0.5) is 5.69 Å². The molecule has 3 aromatic carbocycles. The monoisotopic (exact) mass is 334 g/mol. The van der Waals surface area contributed by atoms with Crippen molar-refractivity contribution in [3.63, 3.8) is 0 Å². The van der Waals surface area contributed by atoms with Crippen LogP contribution < -0.4 is 10.6 Å². The molecule has 0 aliphatic rings. The second-order valence-corrected chi connectivity index (χ2v) is 5.92. The van der Waals surface area contributed by atoms with E-state index in [0.29, 0.717) is 18.0 Å². The van der Waals surface area contributed by atoms with Gasteiger partial charge in [-0.05, 0) is 35.7 Å². The first-order chi connectivity index (χ1) is 11.7. The van der Waals surface area contributed by atoms with Gasteiger partial charge in [-0.1, -0.05) is 66.7 Å². The average Bonchev–Trinajstić information content (AvgIpc) is 2.61. The normalized spacial score (nSPS) is 10.3. The van der Waals surface area contributed by atoms with E-state index in [9.17, 15) is 4.79 Å². The molecule has 4 heteroatoms. The Labute approximate surface area is 146 Å². The number of carbonyl (C=O) groups excluding carboxylic acids is 1. The van der Waals surface area contributed by atoms with Gasteiger partial charge in [0.05, 0.1) is 0 Å². The molecule has 0 saturated carbocycles. The van der Waals surface area contributed by atoms with Gasteiger partial charge in [0.15, 0.2) is 5.11 Å². The van der Waals surface area contributed by atoms with Crippen LogP contribution in [0, 0.1) is 0 Å². The first-order valence-corrected chi connectivity index (χ1v) is 8.26. The number of amides is 1. The second-order valence-electron chi connectivity index (χ2n) is 5.51. The lowest BCUT2D eigenvalue weighted by Gasteiger charge is -2.12. The van der Waals surface area contributed by atoms with Gasteiger partial charge in [0.1, 0.15) is 0 Å². The quantitative estimate of drug-likeness (QED) is 0.700. The van der Waals surface area contributed by atoms with Crippen molar-refractivity contribution in [3.8, 4) is 0 Å². The molecule has 0 bridgehead atoms. The summed E-state index contributed by atoms with van der Waals surface area (Å²) in [5, 5.41) is 8.38. The van der Waals surface area contributed by atoms with Crippen molar-refractivity contribution >= 4 is 39.7 Å². The third-order valence-electron chi connectivity index (χ3n) is 3.77. The standard InChI is InChI=1S/C20H18N2OS/c23-19(14-13-15-7-2-1-3-8-15)22-20(24)21-18-12-6-10-16-9-4-5-11-17(16)18/h1-12H,13-14H2,(H2,21,22,23,24). The van der Waals surface area contributed by atoms with Crippen molar-refractivity contribution in [3.05, 3.63) is 78.4 Å². The number of thiocarbonyl (C=S) groups is 1. The Kier molecular flexibility index (Phi) is 5.18. The first-order valence-electron chi connectivity index (χ1n) is 7.85. The number of fused-ring (bicyclic) bond motifs is 1. The fraction of sp³-hybridized carbons (Fsp3) is 0.100. The molecule has 0 heterocycles. The van der Waals surface area contributed by atoms with E-state index < -0.39 is 0 Å². The zero-order valence-corrected chi connectivity index (χ0v) is 14.0.